The number of rotatable bonds is 9. The van der Waals surface area contributed by atoms with Gasteiger partial charge in [0, 0.05) is 77.9 Å². The summed E-state index contributed by atoms with van der Waals surface area (Å²) in [4.78, 5) is 9.66. The molecule has 1 aliphatic carbocycles. The summed E-state index contributed by atoms with van der Waals surface area (Å²) in [5.41, 5.74) is 19.1. The minimum Gasteiger partial charge on any atom is -0.509 e. The Hall–Kier alpha value is -8.76. The van der Waals surface area contributed by atoms with Crippen molar-refractivity contribution in [1.29, 1.82) is 0 Å². The van der Waals surface area contributed by atoms with Crippen molar-refractivity contribution in [3.63, 3.8) is 0 Å². The van der Waals surface area contributed by atoms with E-state index in [1.54, 1.807) is 0 Å². The first-order valence-electron chi connectivity index (χ1n) is 27.7. The molecule has 2 aliphatic rings. The van der Waals surface area contributed by atoms with E-state index in [2.05, 4.69) is 305 Å². The van der Waals surface area contributed by atoms with Crippen molar-refractivity contribution in [2.45, 2.75) is 57.8 Å². The molecule has 10 aromatic carbocycles. The van der Waals surface area contributed by atoms with Crippen LogP contribution in [-0.4, -0.2) is 9.55 Å². The molecule has 0 amide bonds. The summed E-state index contributed by atoms with van der Waals surface area (Å²) in [6, 6.07) is 93.3. The van der Waals surface area contributed by atoms with Gasteiger partial charge in [0.1, 0.15) is 5.82 Å². The molecule has 0 radical (unpaired) electrons. The van der Waals surface area contributed by atoms with E-state index in [-0.39, 0.29) is 31.9 Å². The molecule has 3 heterocycles. The topological polar surface area (TPSA) is 33.5 Å². The Morgan fingerprint density at radius 1 is 0.457 bits per heavy atom. The van der Waals surface area contributed by atoms with Crippen LogP contribution in [0.3, 0.4) is 0 Å². The summed E-state index contributed by atoms with van der Waals surface area (Å²) in [6.07, 6.45) is 1.92. The molecule has 0 fully saturated rings. The van der Waals surface area contributed by atoms with Crippen LogP contribution in [0.4, 0.5) is 22.7 Å². The number of nitrogens with zero attached hydrogens (tertiary/aromatic N) is 4. The molecule has 0 N–H and O–H groups in total. The van der Waals surface area contributed by atoms with Gasteiger partial charge < -0.3 is 19.1 Å². The molecule has 2 aromatic heterocycles. The van der Waals surface area contributed by atoms with Crippen molar-refractivity contribution in [3.05, 3.63) is 295 Å². The van der Waals surface area contributed by atoms with Crippen molar-refractivity contribution >= 4 is 44.6 Å². The fourth-order valence-corrected chi connectivity index (χ4v) is 12.4. The van der Waals surface area contributed by atoms with Gasteiger partial charge in [-0.15, -0.1) is 53.6 Å². The molecule has 0 saturated heterocycles. The fraction of sp³-hybridized carbons (Fsp3) is 0.120. The van der Waals surface area contributed by atoms with Gasteiger partial charge in [-0.2, -0.15) is 6.07 Å². The van der Waals surface area contributed by atoms with Crippen molar-refractivity contribution < 1.29 is 25.8 Å². The molecule has 0 spiro atoms. The fourth-order valence-electron chi connectivity index (χ4n) is 12.4. The molecule has 1 unspecified atom stereocenters. The van der Waals surface area contributed by atoms with Crippen LogP contribution in [-0.2, 0) is 37.3 Å². The van der Waals surface area contributed by atoms with Crippen molar-refractivity contribution in [2.75, 3.05) is 9.80 Å². The Morgan fingerprint density at radius 2 is 1.05 bits per heavy atom. The van der Waals surface area contributed by atoms with Gasteiger partial charge in [0.25, 0.3) is 0 Å². The standard InChI is InChI=1S/C75H59N4O.Pt/c1-73(2,3)53-37-39-62-61-29-16-18-33-65(61)75(66(62)45-53,52-27-14-9-15-28-52)55-43-56(47-58(44-55)80-57-38-40-64-63-30-17-19-34-67(63)79(70(64)48-57)71-46-54(41-42-76-71)74(4,5)6)77-49-78(69-36-21-20-35-68(69)77)72-59(50-23-10-7-11-24-50)31-22-32-60(72)51-25-12-8-13-26-51;/h7-46,49H,1-6H3;/q-3;. The van der Waals surface area contributed by atoms with E-state index in [0.717, 1.165) is 78.2 Å². The Labute approximate surface area is 490 Å². The maximum Gasteiger partial charge on any atom is 0.135 e. The molecule has 12 aromatic rings. The third-order valence-corrected chi connectivity index (χ3v) is 16.3. The Kier molecular flexibility index (Phi) is 12.8. The molecule has 0 saturated carbocycles. The summed E-state index contributed by atoms with van der Waals surface area (Å²) < 4.78 is 9.57. The SMILES string of the molecule is CC(C)(C)c1ccnc(-n2c3[c-]c(Oc4[c-]c(N5[CH-]N(c6c(-c7ccccc7)cccc6-c6ccccc6)c6ccccc65)cc(C5(c6ccccc6)c6ccccc6-c6ccc(C(C)(C)C)cc65)c4)ccc3c3ccccc32)c1.[Pt]. The van der Waals surface area contributed by atoms with E-state index < -0.39 is 5.41 Å². The minimum atomic E-state index is -0.764. The zero-order valence-electron chi connectivity index (χ0n) is 46.2. The number of ether oxygens (including phenoxy) is 1. The maximum atomic E-state index is 7.34. The van der Waals surface area contributed by atoms with Crippen LogP contribution < -0.4 is 14.5 Å². The quantitative estimate of drug-likeness (QED) is 0.135. The second kappa shape index (κ2) is 20.1. The molecular weight excluding hydrogens is 1170 g/mol. The van der Waals surface area contributed by atoms with Gasteiger partial charge in [0.05, 0.1) is 0 Å². The number of anilines is 4. The second-order valence-corrected chi connectivity index (χ2v) is 23.3. The summed E-state index contributed by atoms with van der Waals surface area (Å²) in [7, 11) is 0. The maximum absolute atomic E-state index is 7.34. The average molecular weight is 1230 g/mol. The normalized spacial score (nSPS) is 14.6. The van der Waals surface area contributed by atoms with Gasteiger partial charge in [-0.1, -0.05) is 229 Å². The zero-order valence-corrected chi connectivity index (χ0v) is 48.5. The number of hydrogen-bond acceptors (Lipinski definition) is 4. The van der Waals surface area contributed by atoms with Gasteiger partial charge in [0.15, 0.2) is 0 Å². The van der Waals surface area contributed by atoms with Crippen LogP contribution in [0.1, 0.15) is 74.9 Å². The smallest absolute Gasteiger partial charge is 0.135 e. The Morgan fingerprint density at radius 3 is 1.75 bits per heavy atom. The van der Waals surface area contributed by atoms with Gasteiger partial charge in [-0.05, 0) is 96.6 Å². The van der Waals surface area contributed by atoms with E-state index in [4.69, 9.17) is 9.72 Å². The number of fused-ring (bicyclic) bond motifs is 7. The average Bonchev–Trinajstić information content (AvgIpc) is 4.34. The molecule has 1 aliphatic heterocycles. The van der Waals surface area contributed by atoms with E-state index >= 15 is 0 Å². The molecular formula is C75H59N4OPt-3. The van der Waals surface area contributed by atoms with Crippen molar-refractivity contribution in [1.82, 2.24) is 9.55 Å². The van der Waals surface area contributed by atoms with Crippen LogP contribution in [0.2, 0.25) is 0 Å². The van der Waals surface area contributed by atoms with Gasteiger partial charge in [-0.3, -0.25) is 0 Å². The van der Waals surface area contributed by atoms with Crippen LogP contribution in [0, 0.1) is 18.8 Å². The van der Waals surface area contributed by atoms with E-state index in [1.807, 2.05) is 12.3 Å². The second-order valence-electron chi connectivity index (χ2n) is 23.3. The van der Waals surface area contributed by atoms with Crippen LogP contribution >= 0.6 is 0 Å². The Balaban J connectivity index is 0.00000618. The van der Waals surface area contributed by atoms with Crippen LogP contribution in [0.5, 0.6) is 11.5 Å². The summed E-state index contributed by atoms with van der Waals surface area (Å²) in [5.74, 6) is 1.97. The van der Waals surface area contributed by atoms with Gasteiger partial charge >= 0.3 is 0 Å². The first-order valence-corrected chi connectivity index (χ1v) is 27.7. The number of hydrogen-bond donors (Lipinski definition) is 0. The summed E-state index contributed by atoms with van der Waals surface area (Å²) in [6.45, 7) is 15.9. The van der Waals surface area contributed by atoms with Crippen molar-refractivity contribution in [2.24, 2.45) is 0 Å². The molecule has 398 valence electrons. The first kappa shape index (κ1) is 51.7. The van der Waals surface area contributed by atoms with E-state index in [9.17, 15) is 0 Å². The first-order chi connectivity index (χ1) is 38.9. The summed E-state index contributed by atoms with van der Waals surface area (Å²) in [5, 5.41) is 2.19. The van der Waals surface area contributed by atoms with Crippen LogP contribution in [0.15, 0.2) is 243 Å². The third kappa shape index (κ3) is 8.69. The summed E-state index contributed by atoms with van der Waals surface area (Å²) >= 11 is 0. The minimum absolute atomic E-state index is 0. The number of pyridine rings is 1. The molecule has 5 nitrogen and oxygen atoms in total. The molecule has 0 bridgehead atoms. The van der Waals surface area contributed by atoms with Gasteiger partial charge in [0.2, 0.25) is 0 Å². The van der Waals surface area contributed by atoms with Gasteiger partial charge in [-0.25, -0.2) is 4.98 Å². The van der Waals surface area contributed by atoms with E-state index in [0.29, 0.717) is 11.5 Å². The Bertz CT molecular complexity index is 4290. The predicted molar refractivity (Wildman–Crippen MR) is 330 cm³/mol. The molecule has 6 heteroatoms. The largest absolute Gasteiger partial charge is 0.509 e. The number of benzene rings is 10. The zero-order chi connectivity index (χ0) is 54.3. The predicted octanol–water partition coefficient (Wildman–Crippen LogP) is 19.3. The monoisotopic (exact) mass is 1230 g/mol. The van der Waals surface area contributed by atoms with E-state index in [1.165, 1.54) is 38.9 Å². The number of para-hydroxylation sites is 4. The van der Waals surface area contributed by atoms with Crippen LogP contribution in [0.25, 0.3) is 61.0 Å². The molecule has 81 heavy (non-hydrogen) atoms. The molecule has 14 rings (SSSR count). The molecule has 1 atom stereocenters. The van der Waals surface area contributed by atoms with Crippen molar-refractivity contribution in [3.8, 4) is 50.7 Å². The number of aromatic nitrogens is 2. The third-order valence-electron chi connectivity index (χ3n) is 16.3.